The molecular formula is C13H14N4O4. The Morgan fingerprint density at radius 3 is 2.62 bits per heavy atom. The largest absolute Gasteiger partial charge is 0.479 e. The number of rotatable bonds is 5. The highest BCUT2D eigenvalue weighted by Gasteiger charge is 2.21. The molecule has 0 spiro atoms. The Bertz CT molecular complexity index is 626. The van der Waals surface area contributed by atoms with Gasteiger partial charge in [-0.1, -0.05) is 35.5 Å². The predicted molar refractivity (Wildman–Crippen MR) is 71.2 cm³/mol. The van der Waals surface area contributed by atoms with Gasteiger partial charge in [0, 0.05) is 6.92 Å². The van der Waals surface area contributed by atoms with Crippen LogP contribution in [0.2, 0.25) is 0 Å². The second-order valence-electron chi connectivity index (χ2n) is 4.24. The lowest BCUT2D eigenvalue weighted by Gasteiger charge is -2.14. The molecule has 1 atom stereocenters. The number of aliphatic carboxylic acids is 1. The minimum absolute atomic E-state index is 0.0459. The first kappa shape index (κ1) is 14.5. The molecule has 1 aromatic heterocycles. The van der Waals surface area contributed by atoms with Crippen LogP contribution in [0.4, 0.5) is 4.79 Å². The summed E-state index contributed by atoms with van der Waals surface area (Å²) in [4.78, 5) is 26.9. The number of carboxylic acids is 1. The Labute approximate surface area is 120 Å². The number of nitrogens with one attached hydrogen (secondary N) is 2. The van der Waals surface area contributed by atoms with Crippen LogP contribution in [0.3, 0.4) is 0 Å². The lowest BCUT2D eigenvalue weighted by atomic mass is 10.1. The Balaban J connectivity index is 1.94. The highest BCUT2D eigenvalue weighted by Crippen LogP contribution is 2.12. The van der Waals surface area contributed by atoms with Gasteiger partial charge >= 0.3 is 12.0 Å². The fraction of sp³-hybridized carbons (Fsp3) is 0.231. The fourth-order valence-electron chi connectivity index (χ4n) is 1.69. The van der Waals surface area contributed by atoms with Crippen LogP contribution in [-0.4, -0.2) is 27.2 Å². The van der Waals surface area contributed by atoms with E-state index < -0.39 is 18.0 Å². The van der Waals surface area contributed by atoms with Crippen LogP contribution in [0.25, 0.3) is 0 Å². The Morgan fingerprint density at radius 1 is 1.33 bits per heavy atom. The van der Waals surface area contributed by atoms with E-state index >= 15 is 0 Å². The molecule has 0 aliphatic carbocycles. The summed E-state index contributed by atoms with van der Waals surface area (Å²) in [7, 11) is 0. The molecule has 21 heavy (non-hydrogen) atoms. The number of hydrogen-bond donors (Lipinski definition) is 3. The first-order chi connectivity index (χ1) is 10.1. The molecule has 2 aromatic rings. The van der Waals surface area contributed by atoms with E-state index in [-0.39, 0.29) is 6.54 Å². The predicted octanol–water partition coefficient (Wildman–Crippen LogP) is 1.00. The smallest absolute Gasteiger partial charge is 0.330 e. The number of benzene rings is 1. The average molecular weight is 290 g/mol. The summed E-state index contributed by atoms with van der Waals surface area (Å²) in [5.41, 5.74) is 0.482. The summed E-state index contributed by atoms with van der Waals surface area (Å²) in [6.07, 6.45) is 0. The van der Waals surface area contributed by atoms with Gasteiger partial charge in [0.15, 0.2) is 11.9 Å². The number of aromatic nitrogens is 2. The van der Waals surface area contributed by atoms with Gasteiger partial charge in [0.05, 0.1) is 6.54 Å². The molecule has 0 unspecified atom stereocenters. The number of carboxylic acid groups (broad SMARTS) is 1. The van der Waals surface area contributed by atoms with Gasteiger partial charge in [0.1, 0.15) is 0 Å². The van der Waals surface area contributed by atoms with Crippen molar-refractivity contribution in [3.8, 4) is 0 Å². The van der Waals surface area contributed by atoms with Crippen molar-refractivity contribution in [3.63, 3.8) is 0 Å². The molecular weight excluding hydrogens is 276 g/mol. The van der Waals surface area contributed by atoms with Gasteiger partial charge < -0.3 is 20.3 Å². The molecule has 0 bridgehead atoms. The molecule has 8 heteroatoms. The van der Waals surface area contributed by atoms with Crippen LogP contribution < -0.4 is 10.6 Å². The third kappa shape index (κ3) is 4.03. The SMILES string of the molecule is Cc1nc(CNC(=O)N[C@H](C(=O)O)c2ccccc2)no1. The van der Waals surface area contributed by atoms with Gasteiger partial charge in [-0.2, -0.15) is 4.98 Å². The Kier molecular flexibility index (Phi) is 4.50. The molecule has 0 aliphatic heterocycles. The highest BCUT2D eigenvalue weighted by molar-refractivity contribution is 5.83. The van der Waals surface area contributed by atoms with E-state index in [1.54, 1.807) is 37.3 Å². The molecule has 3 N–H and O–H groups in total. The van der Waals surface area contributed by atoms with E-state index in [1.807, 2.05) is 0 Å². The van der Waals surface area contributed by atoms with Crippen molar-refractivity contribution < 1.29 is 19.2 Å². The maximum Gasteiger partial charge on any atom is 0.330 e. The Morgan fingerprint density at radius 2 is 2.05 bits per heavy atom. The van der Waals surface area contributed by atoms with Gasteiger partial charge in [-0.3, -0.25) is 0 Å². The zero-order chi connectivity index (χ0) is 15.2. The average Bonchev–Trinajstić information content (AvgIpc) is 2.89. The van der Waals surface area contributed by atoms with Gasteiger partial charge in [0.2, 0.25) is 5.89 Å². The number of aryl methyl sites for hydroxylation is 1. The standard InChI is InChI=1S/C13H14N4O4/c1-8-15-10(17-21-8)7-14-13(20)16-11(12(18)19)9-5-3-2-4-6-9/h2-6,11H,7H2,1H3,(H,18,19)(H2,14,16,20)/t11-/m0/s1. The summed E-state index contributed by atoms with van der Waals surface area (Å²) < 4.78 is 4.76. The normalized spacial score (nSPS) is 11.7. The number of urea groups is 1. The van der Waals surface area contributed by atoms with Crippen LogP contribution in [0, 0.1) is 6.92 Å². The molecule has 1 heterocycles. The third-order valence-electron chi connectivity index (χ3n) is 2.63. The van der Waals surface area contributed by atoms with Crippen molar-refractivity contribution >= 4 is 12.0 Å². The fourth-order valence-corrected chi connectivity index (χ4v) is 1.69. The molecule has 0 fully saturated rings. The lowest BCUT2D eigenvalue weighted by Crippen LogP contribution is -2.40. The summed E-state index contributed by atoms with van der Waals surface area (Å²) in [6, 6.07) is 6.66. The van der Waals surface area contributed by atoms with Crippen LogP contribution in [-0.2, 0) is 11.3 Å². The van der Waals surface area contributed by atoms with Crippen molar-refractivity contribution in [1.82, 2.24) is 20.8 Å². The van der Waals surface area contributed by atoms with Gasteiger partial charge in [-0.25, -0.2) is 9.59 Å². The molecule has 8 nitrogen and oxygen atoms in total. The molecule has 2 amide bonds. The van der Waals surface area contributed by atoms with Crippen molar-refractivity contribution in [2.75, 3.05) is 0 Å². The lowest BCUT2D eigenvalue weighted by molar-refractivity contribution is -0.139. The van der Waals surface area contributed by atoms with E-state index in [4.69, 9.17) is 4.52 Å². The molecule has 0 saturated heterocycles. The third-order valence-corrected chi connectivity index (χ3v) is 2.63. The second kappa shape index (κ2) is 6.51. The van der Waals surface area contributed by atoms with E-state index in [9.17, 15) is 14.7 Å². The van der Waals surface area contributed by atoms with Gasteiger partial charge in [0.25, 0.3) is 0 Å². The topological polar surface area (TPSA) is 117 Å². The van der Waals surface area contributed by atoms with Crippen LogP contribution in [0.1, 0.15) is 23.3 Å². The second-order valence-corrected chi connectivity index (χ2v) is 4.24. The summed E-state index contributed by atoms with van der Waals surface area (Å²) in [6.45, 7) is 1.68. The molecule has 1 aromatic carbocycles. The van der Waals surface area contributed by atoms with Crippen molar-refractivity contribution in [2.45, 2.75) is 19.5 Å². The molecule has 0 radical (unpaired) electrons. The molecule has 2 rings (SSSR count). The van der Waals surface area contributed by atoms with Crippen molar-refractivity contribution in [1.29, 1.82) is 0 Å². The molecule has 0 saturated carbocycles. The number of nitrogens with zero attached hydrogens (tertiary/aromatic N) is 2. The summed E-state index contributed by atoms with van der Waals surface area (Å²) in [5.74, 6) is -0.444. The monoisotopic (exact) mass is 290 g/mol. The summed E-state index contributed by atoms with van der Waals surface area (Å²) >= 11 is 0. The van der Waals surface area contributed by atoms with Crippen molar-refractivity contribution in [3.05, 3.63) is 47.6 Å². The zero-order valence-electron chi connectivity index (χ0n) is 11.2. The first-order valence-electron chi connectivity index (χ1n) is 6.17. The quantitative estimate of drug-likeness (QED) is 0.756. The Hall–Kier alpha value is -2.90. The van der Waals surface area contributed by atoms with Gasteiger partial charge in [-0.15, -0.1) is 0 Å². The molecule has 0 aliphatic rings. The number of carbonyl (C=O) groups is 2. The first-order valence-corrected chi connectivity index (χ1v) is 6.17. The van der Waals surface area contributed by atoms with E-state index in [0.717, 1.165) is 0 Å². The van der Waals surface area contributed by atoms with Crippen molar-refractivity contribution in [2.24, 2.45) is 0 Å². The zero-order valence-corrected chi connectivity index (χ0v) is 11.2. The van der Waals surface area contributed by atoms with Crippen LogP contribution >= 0.6 is 0 Å². The highest BCUT2D eigenvalue weighted by atomic mass is 16.5. The van der Waals surface area contributed by atoms with E-state index in [1.165, 1.54) is 0 Å². The van der Waals surface area contributed by atoms with Crippen LogP contribution in [0.15, 0.2) is 34.9 Å². The van der Waals surface area contributed by atoms with Crippen LogP contribution in [0.5, 0.6) is 0 Å². The summed E-state index contributed by atoms with van der Waals surface area (Å²) in [5, 5.41) is 17.6. The number of hydrogen-bond acceptors (Lipinski definition) is 5. The minimum atomic E-state index is -1.15. The number of amides is 2. The van der Waals surface area contributed by atoms with E-state index in [0.29, 0.717) is 17.3 Å². The van der Waals surface area contributed by atoms with Gasteiger partial charge in [-0.05, 0) is 5.56 Å². The maximum absolute atomic E-state index is 11.7. The minimum Gasteiger partial charge on any atom is -0.479 e. The number of carbonyl (C=O) groups excluding carboxylic acids is 1. The van der Waals surface area contributed by atoms with E-state index in [2.05, 4.69) is 20.8 Å². The maximum atomic E-state index is 11.7. The molecule has 110 valence electrons.